The molecule has 5 rings (SSSR count). The molecule has 1 aliphatic heterocycles. The van der Waals surface area contributed by atoms with E-state index in [9.17, 15) is 0 Å². The van der Waals surface area contributed by atoms with E-state index < -0.39 is 0 Å². The van der Waals surface area contributed by atoms with Crippen LogP contribution in [0.1, 0.15) is 17.3 Å². The molecular weight excluding hydrogens is 368 g/mol. The lowest BCUT2D eigenvalue weighted by Gasteiger charge is -2.30. The molecule has 0 atom stereocenters. The SMILES string of the molecule is Clc1ccccc1COc1cccc(C2Nc3cccc4cccc(c34)N2)c1. The smallest absolute Gasteiger partial charge is 0.123 e. The minimum Gasteiger partial charge on any atom is -0.489 e. The third kappa shape index (κ3) is 3.14. The average Bonchev–Trinajstić information content (AvgIpc) is 2.74. The lowest BCUT2D eigenvalue weighted by molar-refractivity contribution is 0.306. The number of benzene rings is 4. The fourth-order valence-electron chi connectivity index (χ4n) is 3.66. The second-order valence-electron chi connectivity index (χ2n) is 6.88. The molecule has 0 saturated heterocycles. The topological polar surface area (TPSA) is 33.3 Å². The van der Waals surface area contributed by atoms with Crippen LogP contribution in [0.3, 0.4) is 0 Å². The molecule has 0 unspecified atom stereocenters. The molecule has 138 valence electrons. The van der Waals surface area contributed by atoms with E-state index in [0.717, 1.165) is 33.3 Å². The Hall–Kier alpha value is -3.17. The first kappa shape index (κ1) is 17.0. The quantitative estimate of drug-likeness (QED) is 0.414. The summed E-state index contributed by atoms with van der Waals surface area (Å²) in [6.45, 7) is 0.441. The van der Waals surface area contributed by atoms with Gasteiger partial charge < -0.3 is 15.4 Å². The number of ether oxygens (including phenoxy) is 1. The minimum absolute atomic E-state index is 0.0237. The number of hydrogen-bond acceptors (Lipinski definition) is 3. The fraction of sp³-hybridized carbons (Fsp3) is 0.0833. The van der Waals surface area contributed by atoms with Crippen molar-refractivity contribution in [2.75, 3.05) is 10.6 Å². The van der Waals surface area contributed by atoms with Crippen molar-refractivity contribution >= 4 is 33.7 Å². The summed E-state index contributed by atoms with van der Waals surface area (Å²) in [5.41, 5.74) is 4.37. The molecule has 2 N–H and O–H groups in total. The Morgan fingerprint density at radius 1 is 0.786 bits per heavy atom. The molecule has 0 radical (unpaired) electrons. The van der Waals surface area contributed by atoms with Gasteiger partial charge in [-0.3, -0.25) is 0 Å². The summed E-state index contributed by atoms with van der Waals surface area (Å²) >= 11 is 6.23. The Labute approximate surface area is 168 Å². The Bertz CT molecular complexity index is 1120. The highest BCUT2D eigenvalue weighted by atomic mass is 35.5. The lowest BCUT2D eigenvalue weighted by Crippen LogP contribution is -2.23. The van der Waals surface area contributed by atoms with Gasteiger partial charge in [0.1, 0.15) is 18.5 Å². The van der Waals surface area contributed by atoms with Gasteiger partial charge in [-0.05, 0) is 41.3 Å². The van der Waals surface area contributed by atoms with Gasteiger partial charge >= 0.3 is 0 Å². The highest BCUT2D eigenvalue weighted by Crippen LogP contribution is 2.38. The third-order valence-electron chi connectivity index (χ3n) is 5.05. The van der Waals surface area contributed by atoms with Crippen LogP contribution in [-0.4, -0.2) is 0 Å². The first-order valence-electron chi connectivity index (χ1n) is 9.29. The van der Waals surface area contributed by atoms with Gasteiger partial charge in [0.05, 0.1) is 0 Å². The molecule has 0 saturated carbocycles. The summed E-state index contributed by atoms with van der Waals surface area (Å²) in [4.78, 5) is 0. The van der Waals surface area contributed by atoms with E-state index in [-0.39, 0.29) is 6.17 Å². The Balaban J connectivity index is 1.39. The molecule has 4 heteroatoms. The van der Waals surface area contributed by atoms with E-state index >= 15 is 0 Å². The fourth-order valence-corrected chi connectivity index (χ4v) is 3.85. The highest BCUT2D eigenvalue weighted by molar-refractivity contribution is 6.31. The Morgan fingerprint density at radius 3 is 2.25 bits per heavy atom. The molecule has 4 aromatic carbocycles. The number of rotatable bonds is 4. The second-order valence-corrected chi connectivity index (χ2v) is 7.29. The van der Waals surface area contributed by atoms with Crippen LogP contribution in [0.5, 0.6) is 5.75 Å². The zero-order chi connectivity index (χ0) is 18.9. The molecule has 1 heterocycles. The van der Waals surface area contributed by atoms with E-state index in [1.165, 1.54) is 10.8 Å². The number of hydrogen-bond donors (Lipinski definition) is 2. The van der Waals surface area contributed by atoms with E-state index in [2.05, 4.69) is 59.2 Å². The van der Waals surface area contributed by atoms with E-state index in [4.69, 9.17) is 16.3 Å². The van der Waals surface area contributed by atoms with Crippen LogP contribution < -0.4 is 15.4 Å². The van der Waals surface area contributed by atoms with Crippen molar-refractivity contribution in [3.05, 3.63) is 101 Å². The zero-order valence-electron chi connectivity index (χ0n) is 15.2. The first-order chi connectivity index (χ1) is 13.8. The molecule has 0 bridgehead atoms. The van der Waals surface area contributed by atoms with Crippen LogP contribution in [0.4, 0.5) is 11.4 Å². The molecule has 28 heavy (non-hydrogen) atoms. The predicted molar refractivity (Wildman–Crippen MR) is 116 cm³/mol. The summed E-state index contributed by atoms with van der Waals surface area (Å²) in [7, 11) is 0. The van der Waals surface area contributed by atoms with Crippen LogP contribution in [0.25, 0.3) is 10.8 Å². The third-order valence-corrected chi connectivity index (χ3v) is 5.42. The predicted octanol–water partition coefficient (Wildman–Crippen LogP) is 6.61. The van der Waals surface area contributed by atoms with Crippen LogP contribution in [0, 0.1) is 0 Å². The second kappa shape index (κ2) is 7.10. The van der Waals surface area contributed by atoms with Crippen molar-refractivity contribution in [2.45, 2.75) is 12.8 Å². The van der Waals surface area contributed by atoms with Crippen molar-refractivity contribution in [3.8, 4) is 5.75 Å². The molecule has 0 fully saturated rings. The summed E-state index contributed by atoms with van der Waals surface area (Å²) in [5, 5.41) is 10.4. The van der Waals surface area contributed by atoms with Crippen LogP contribution in [-0.2, 0) is 6.61 Å². The summed E-state index contributed by atoms with van der Waals surface area (Å²) < 4.78 is 5.99. The van der Waals surface area contributed by atoms with Crippen molar-refractivity contribution in [3.63, 3.8) is 0 Å². The van der Waals surface area contributed by atoms with Crippen molar-refractivity contribution in [2.24, 2.45) is 0 Å². The number of halogens is 1. The van der Waals surface area contributed by atoms with Gasteiger partial charge in [0.15, 0.2) is 0 Å². The Kier molecular flexibility index (Phi) is 4.30. The summed E-state index contributed by atoms with van der Waals surface area (Å²) in [5.74, 6) is 0.818. The van der Waals surface area contributed by atoms with Gasteiger partial charge in [-0.25, -0.2) is 0 Å². The van der Waals surface area contributed by atoms with Gasteiger partial charge in [0.2, 0.25) is 0 Å². The number of anilines is 2. The Morgan fingerprint density at radius 2 is 1.50 bits per heavy atom. The van der Waals surface area contributed by atoms with Crippen LogP contribution in [0.15, 0.2) is 84.9 Å². The van der Waals surface area contributed by atoms with Crippen LogP contribution >= 0.6 is 11.6 Å². The molecule has 3 nitrogen and oxygen atoms in total. The van der Waals surface area contributed by atoms with E-state index in [0.29, 0.717) is 6.61 Å². The van der Waals surface area contributed by atoms with Gasteiger partial charge in [0.25, 0.3) is 0 Å². The first-order valence-corrected chi connectivity index (χ1v) is 9.67. The van der Waals surface area contributed by atoms with Gasteiger partial charge in [-0.1, -0.05) is 66.2 Å². The molecule has 4 aromatic rings. The maximum Gasteiger partial charge on any atom is 0.123 e. The summed E-state index contributed by atoms with van der Waals surface area (Å²) in [6.07, 6.45) is -0.0237. The monoisotopic (exact) mass is 386 g/mol. The molecule has 0 aliphatic carbocycles. The average molecular weight is 387 g/mol. The highest BCUT2D eigenvalue weighted by Gasteiger charge is 2.20. The normalized spacial score (nSPS) is 13.0. The van der Waals surface area contributed by atoms with Gasteiger partial charge in [-0.2, -0.15) is 0 Å². The van der Waals surface area contributed by atoms with Crippen molar-refractivity contribution in [1.29, 1.82) is 0 Å². The van der Waals surface area contributed by atoms with Crippen LogP contribution in [0.2, 0.25) is 5.02 Å². The van der Waals surface area contributed by atoms with E-state index in [1.807, 2.05) is 36.4 Å². The van der Waals surface area contributed by atoms with Crippen molar-refractivity contribution < 1.29 is 4.74 Å². The standard InChI is InChI=1S/C24H19ClN2O/c25-20-11-2-1-6-18(20)15-28-19-10-3-9-17(14-19)24-26-21-12-4-7-16-8-5-13-22(27-24)23(16)21/h1-14,24,26-27H,15H2. The molecular formula is C24H19ClN2O. The number of nitrogens with one attached hydrogen (secondary N) is 2. The van der Waals surface area contributed by atoms with E-state index in [1.54, 1.807) is 0 Å². The van der Waals surface area contributed by atoms with Crippen molar-refractivity contribution in [1.82, 2.24) is 0 Å². The lowest BCUT2D eigenvalue weighted by atomic mass is 10.0. The maximum atomic E-state index is 6.23. The van der Waals surface area contributed by atoms with Gasteiger partial charge in [-0.15, -0.1) is 0 Å². The largest absolute Gasteiger partial charge is 0.489 e. The zero-order valence-corrected chi connectivity index (χ0v) is 15.9. The molecule has 0 amide bonds. The molecule has 0 aromatic heterocycles. The molecule has 1 aliphatic rings. The van der Waals surface area contributed by atoms with Gasteiger partial charge in [0, 0.05) is 27.3 Å². The maximum absolute atomic E-state index is 6.23. The summed E-state index contributed by atoms with van der Waals surface area (Å²) in [6, 6.07) is 28.6. The molecule has 0 spiro atoms. The minimum atomic E-state index is -0.0237.